The van der Waals surface area contributed by atoms with Crippen molar-refractivity contribution in [3.8, 4) is 5.75 Å². The van der Waals surface area contributed by atoms with Crippen LogP contribution in [-0.4, -0.2) is 5.97 Å². The predicted molar refractivity (Wildman–Crippen MR) is 86.3 cm³/mol. The van der Waals surface area contributed by atoms with Crippen LogP contribution in [0, 0.1) is 6.92 Å². The molecule has 0 aliphatic heterocycles. The highest BCUT2D eigenvalue weighted by molar-refractivity contribution is 6.30. The average molecular weight is 303 g/mol. The first-order chi connectivity index (χ1) is 9.77. The lowest BCUT2D eigenvalue weighted by Gasteiger charge is -2.19. The first kappa shape index (κ1) is 15.6. The van der Waals surface area contributed by atoms with Gasteiger partial charge in [-0.3, -0.25) is 0 Å². The summed E-state index contributed by atoms with van der Waals surface area (Å²) in [4.78, 5) is 12.2. The third-order valence-electron chi connectivity index (χ3n) is 3.33. The molecule has 0 N–H and O–H groups in total. The molecule has 2 nitrogen and oxygen atoms in total. The molecule has 2 aromatic rings. The number of halogens is 1. The van der Waals surface area contributed by atoms with E-state index in [9.17, 15) is 4.79 Å². The number of hydrogen-bond acceptors (Lipinski definition) is 2. The van der Waals surface area contributed by atoms with Crippen molar-refractivity contribution >= 4 is 17.6 Å². The second kappa shape index (κ2) is 5.90. The van der Waals surface area contributed by atoms with Crippen molar-refractivity contribution in [2.75, 3.05) is 0 Å². The molecular formula is C18H19ClO2. The number of carbonyl (C=O) groups is 1. The van der Waals surface area contributed by atoms with Crippen LogP contribution in [0.2, 0.25) is 5.02 Å². The highest BCUT2D eigenvalue weighted by Gasteiger charge is 2.15. The number of carbonyl (C=O) groups excluding carboxylic acids is 1. The van der Waals surface area contributed by atoms with Crippen LogP contribution in [0.15, 0.2) is 42.5 Å². The molecule has 0 saturated carbocycles. The molecule has 0 unspecified atom stereocenters. The van der Waals surface area contributed by atoms with E-state index in [2.05, 4.69) is 20.8 Å². The fourth-order valence-electron chi connectivity index (χ4n) is 1.99. The molecule has 0 amide bonds. The summed E-state index contributed by atoms with van der Waals surface area (Å²) in [5.74, 6) is 0.171. The zero-order valence-electron chi connectivity index (χ0n) is 12.7. The molecular weight excluding hydrogens is 284 g/mol. The van der Waals surface area contributed by atoms with Crippen LogP contribution in [0.25, 0.3) is 0 Å². The molecule has 0 fully saturated rings. The van der Waals surface area contributed by atoms with Crippen molar-refractivity contribution in [2.45, 2.75) is 33.1 Å². The summed E-state index contributed by atoms with van der Waals surface area (Å²) >= 11 is 5.89. The summed E-state index contributed by atoms with van der Waals surface area (Å²) in [6.45, 7) is 8.27. The molecule has 0 aliphatic rings. The van der Waals surface area contributed by atoms with Gasteiger partial charge in [0.05, 0.1) is 5.56 Å². The van der Waals surface area contributed by atoms with Gasteiger partial charge in [-0.05, 0) is 53.8 Å². The van der Waals surface area contributed by atoms with Crippen molar-refractivity contribution in [3.63, 3.8) is 0 Å². The Bertz CT molecular complexity index is 652. The van der Waals surface area contributed by atoms with Crippen LogP contribution in [0.5, 0.6) is 5.75 Å². The van der Waals surface area contributed by atoms with Crippen LogP contribution in [0.4, 0.5) is 0 Å². The average Bonchev–Trinajstić information content (AvgIpc) is 2.41. The van der Waals surface area contributed by atoms with E-state index in [0.29, 0.717) is 16.3 Å². The number of benzene rings is 2. The normalized spacial score (nSPS) is 11.3. The van der Waals surface area contributed by atoms with E-state index < -0.39 is 0 Å². The molecule has 21 heavy (non-hydrogen) atoms. The van der Waals surface area contributed by atoms with Gasteiger partial charge in [0.25, 0.3) is 0 Å². The zero-order valence-corrected chi connectivity index (χ0v) is 13.5. The number of esters is 1. The van der Waals surface area contributed by atoms with Gasteiger partial charge in [-0.15, -0.1) is 0 Å². The Morgan fingerprint density at radius 1 is 1.05 bits per heavy atom. The zero-order chi connectivity index (χ0) is 15.6. The molecule has 0 atom stereocenters. The Balaban J connectivity index is 2.17. The van der Waals surface area contributed by atoms with Gasteiger partial charge in [0.2, 0.25) is 0 Å². The molecule has 0 spiro atoms. The number of rotatable bonds is 2. The molecule has 3 heteroatoms. The predicted octanol–water partition coefficient (Wildman–Crippen LogP) is 5.17. The second-order valence-corrected chi connectivity index (χ2v) is 6.56. The van der Waals surface area contributed by atoms with Crippen LogP contribution >= 0.6 is 11.6 Å². The van der Waals surface area contributed by atoms with Crippen LogP contribution in [0.1, 0.15) is 42.3 Å². The van der Waals surface area contributed by atoms with Gasteiger partial charge in [-0.25, -0.2) is 4.79 Å². The van der Waals surface area contributed by atoms with E-state index in [1.807, 2.05) is 19.1 Å². The smallest absolute Gasteiger partial charge is 0.343 e. The highest BCUT2D eigenvalue weighted by atomic mass is 35.5. The Morgan fingerprint density at radius 3 is 2.19 bits per heavy atom. The van der Waals surface area contributed by atoms with Gasteiger partial charge in [0.1, 0.15) is 5.75 Å². The van der Waals surface area contributed by atoms with Gasteiger partial charge in [-0.1, -0.05) is 44.5 Å². The summed E-state index contributed by atoms with van der Waals surface area (Å²) in [5.41, 5.74) is 2.62. The van der Waals surface area contributed by atoms with Gasteiger partial charge in [0.15, 0.2) is 0 Å². The third kappa shape index (κ3) is 3.85. The summed E-state index contributed by atoms with van der Waals surface area (Å²) in [5, 5.41) is 0.627. The minimum atomic E-state index is -0.360. The monoisotopic (exact) mass is 302 g/mol. The largest absolute Gasteiger partial charge is 0.423 e. The van der Waals surface area contributed by atoms with Gasteiger partial charge < -0.3 is 4.74 Å². The van der Waals surface area contributed by atoms with Gasteiger partial charge in [0, 0.05) is 5.02 Å². The summed E-state index contributed by atoms with van der Waals surface area (Å²) < 4.78 is 5.41. The fourth-order valence-corrected chi connectivity index (χ4v) is 2.22. The number of ether oxygens (including phenoxy) is 1. The molecule has 0 heterocycles. The van der Waals surface area contributed by atoms with Crippen molar-refractivity contribution in [2.24, 2.45) is 0 Å². The van der Waals surface area contributed by atoms with Crippen LogP contribution in [-0.2, 0) is 5.41 Å². The van der Waals surface area contributed by atoms with Crippen molar-refractivity contribution in [1.82, 2.24) is 0 Å². The van der Waals surface area contributed by atoms with E-state index >= 15 is 0 Å². The van der Waals surface area contributed by atoms with E-state index in [-0.39, 0.29) is 11.4 Å². The van der Waals surface area contributed by atoms with E-state index in [0.717, 1.165) is 5.56 Å². The lowest BCUT2D eigenvalue weighted by Crippen LogP contribution is -2.13. The Morgan fingerprint density at radius 2 is 1.67 bits per heavy atom. The quantitative estimate of drug-likeness (QED) is 0.565. The molecule has 0 saturated heterocycles. The number of aryl methyl sites for hydroxylation is 1. The maximum atomic E-state index is 12.2. The summed E-state index contributed by atoms with van der Waals surface area (Å²) in [7, 11) is 0. The Labute approximate surface area is 130 Å². The molecule has 2 rings (SSSR count). The van der Waals surface area contributed by atoms with Crippen LogP contribution in [0.3, 0.4) is 0 Å². The third-order valence-corrected chi connectivity index (χ3v) is 3.56. The Hall–Kier alpha value is -1.80. The van der Waals surface area contributed by atoms with Crippen molar-refractivity contribution in [1.29, 1.82) is 0 Å². The molecule has 0 aliphatic carbocycles. The first-order valence-corrected chi connectivity index (χ1v) is 7.24. The lowest BCUT2D eigenvalue weighted by atomic mass is 9.87. The standard InChI is InChI=1S/C18H19ClO2/c1-12-11-15(19)9-10-16(12)21-17(20)13-5-7-14(8-6-13)18(2,3)4/h5-11H,1-4H3. The van der Waals surface area contributed by atoms with Crippen LogP contribution < -0.4 is 4.74 Å². The maximum absolute atomic E-state index is 12.2. The van der Waals surface area contributed by atoms with E-state index in [1.165, 1.54) is 5.56 Å². The molecule has 2 aromatic carbocycles. The van der Waals surface area contributed by atoms with E-state index in [4.69, 9.17) is 16.3 Å². The summed E-state index contributed by atoms with van der Waals surface area (Å²) in [6, 6.07) is 12.7. The van der Waals surface area contributed by atoms with Gasteiger partial charge >= 0.3 is 5.97 Å². The fraction of sp³-hybridized carbons (Fsp3) is 0.278. The maximum Gasteiger partial charge on any atom is 0.343 e. The number of hydrogen-bond donors (Lipinski definition) is 0. The Kier molecular flexibility index (Phi) is 4.38. The SMILES string of the molecule is Cc1cc(Cl)ccc1OC(=O)c1ccc(C(C)(C)C)cc1. The van der Waals surface area contributed by atoms with Gasteiger partial charge in [-0.2, -0.15) is 0 Å². The first-order valence-electron chi connectivity index (χ1n) is 6.86. The second-order valence-electron chi connectivity index (χ2n) is 6.13. The van der Waals surface area contributed by atoms with Crippen molar-refractivity contribution < 1.29 is 9.53 Å². The summed E-state index contributed by atoms with van der Waals surface area (Å²) in [6.07, 6.45) is 0. The van der Waals surface area contributed by atoms with Crippen molar-refractivity contribution in [3.05, 3.63) is 64.2 Å². The molecule has 110 valence electrons. The minimum absolute atomic E-state index is 0.0647. The minimum Gasteiger partial charge on any atom is -0.423 e. The lowest BCUT2D eigenvalue weighted by molar-refractivity contribution is 0.0733. The van der Waals surface area contributed by atoms with E-state index in [1.54, 1.807) is 30.3 Å². The molecule has 0 aromatic heterocycles. The highest BCUT2D eigenvalue weighted by Crippen LogP contribution is 2.24. The molecule has 0 bridgehead atoms. The molecule has 0 radical (unpaired) electrons. The topological polar surface area (TPSA) is 26.3 Å².